The van der Waals surface area contributed by atoms with Crippen LogP contribution in [-0.4, -0.2) is 78.3 Å². The Morgan fingerprint density at radius 2 is 1.95 bits per heavy atom. The summed E-state index contributed by atoms with van der Waals surface area (Å²) in [4.78, 5) is 72.3. The number of hydrogen-bond acceptors (Lipinski definition) is 18. The second-order valence-electron chi connectivity index (χ2n) is 7.25. The minimum Gasteiger partial charge on any atom is -0.854 e. The van der Waals surface area contributed by atoms with Crippen molar-refractivity contribution >= 4 is 63.5 Å². The maximum atomic E-state index is 12.9. The summed E-state index contributed by atoms with van der Waals surface area (Å²) in [7, 11) is 2.46. The fourth-order valence-electron chi connectivity index (χ4n) is 3.14. The van der Waals surface area contributed by atoms with Gasteiger partial charge in [-0.3, -0.25) is 9.59 Å². The second-order valence-corrected chi connectivity index (χ2v) is 10.2. The number of aromatic nitrogens is 4. The molecule has 0 fully saturated rings. The van der Waals surface area contributed by atoms with Crippen molar-refractivity contribution in [3.8, 4) is 5.88 Å². The molecule has 24 heteroatoms. The van der Waals surface area contributed by atoms with Crippen LogP contribution in [0.1, 0.15) is 5.69 Å². The summed E-state index contributed by atoms with van der Waals surface area (Å²) in [5.74, 6) is -6.29. The average Bonchev–Trinajstić information content (AvgIpc) is 3.31. The summed E-state index contributed by atoms with van der Waals surface area (Å²) in [5.41, 5.74) is 3.24. The average molecular weight is 668 g/mol. The molecule has 0 radical (unpaired) electrons. The van der Waals surface area contributed by atoms with E-state index in [4.69, 9.17) is 5.73 Å². The van der Waals surface area contributed by atoms with Crippen LogP contribution in [0.4, 0.5) is 5.13 Å². The standard InChI is InChI=1S/C18H19N9O9S3.3Na/c1-26-18(22-12(29)13(30)23-26)39-4-6-3-37-14(27(25-35)10(6)16(33)34)9(15(31)32)21-11(28)8(24-36-2)7-5-38-17(19)20-7;;;/h5,9,14H,3-4H2,1-2H3,(H2,19,20)(H,21,28)(H,23,30)(H,31,32)(H,33,34);;;/q;3*+1/p-3/b24-8+;;;/t9-,14+;;;/m0.../s1. The van der Waals surface area contributed by atoms with Crippen molar-refractivity contribution in [1.82, 2.24) is 30.1 Å². The number of carbonyl (C=O) groups excluding carboxylic acids is 3. The number of rotatable bonds is 11. The van der Waals surface area contributed by atoms with Crippen molar-refractivity contribution in [3.63, 3.8) is 0 Å². The minimum absolute atomic E-state index is 0. The van der Waals surface area contributed by atoms with E-state index in [0.29, 0.717) is 5.01 Å². The van der Waals surface area contributed by atoms with Crippen LogP contribution in [0.5, 0.6) is 5.88 Å². The van der Waals surface area contributed by atoms with Crippen LogP contribution in [-0.2, 0) is 26.3 Å². The van der Waals surface area contributed by atoms with E-state index < -0.39 is 52.1 Å². The first kappa shape index (κ1) is 40.8. The van der Waals surface area contributed by atoms with E-state index in [1.54, 1.807) is 0 Å². The maximum Gasteiger partial charge on any atom is 1.00 e. The number of hydrogen-bond donors (Lipinski definition) is 2. The van der Waals surface area contributed by atoms with Crippen molar-refractivity contribution in [3.05, 3.63) is 37.6 Å². The van der Waals surface area contributed by atoms with Crippen molar-refractivity contribution in [2.75, 3.05) is 24.3 Å². The van der Waals surface area contributed by atoms with Gasteiger partial charge in [-0.2, -0.15) is 10.1 Å². The van der Waals surface area contributed by atoms with Crippen LogP contribution >= 0.6 is 34.9 Å². The molecule has 0 aromatic carbocycles. The van der Waals surface area contributed by atoms with E-state index in [1.807, 2.05) is 0 Å². The van der Waals surface area contributed by atoms with Gasteiger partial charge in [0.15, 0.2) is 16.0 Å². The zero-order valence-corrected chi connectivity index (χ0v) is 31.2. The van der Waals surface area contributed by atoms with E-state index in [2.05, 4.69) is 35.7 Å². The Morgan fingerprint density at radius 1 is 1.29 bits per heavy atom. The number of nitrogens with two attached hydrogens (primary N) is 1. The van der Waals surface area contributed by atoms with Crippen molar-refractivity contribution < 1.29 is 123 Å². The van der Waals surface area contributed by atoms with E-state index >= 15 is 0 Å². The zero-order valence-electron chi connectivity index (χ0n) is 22.8. The summed E-state index contributed by atoms with van der Waals surface area (Å²) >= 11 is 2.54. The Hall–Kier alpha value is -1.24. The number of aryl methyl sites for hydroxylation is 1. The topological polar surface area (TPSA) is 273 Å². The Balaban J connectivity index is 0.00000560. The predicted octanol–water partition coefficient (Wildman–Crippen LogP) is -13.3. The molecule has 18 nitrogen and oxygen atoms in total. The molecule has 0 bridgehead atoms. The van der Waals surface area contributed by atoms with Gasteiger partial charge >= 0.3 is 88.7 Å². The number of amides is 1. The molecular formula is C18H16N9Na3O9S3. The molecule has 2 aromatic rings. The number of nitrogens with zero attached hydrogens (tertiary/aromatic N) is 7. The minimum atomic E-state index is -1.99. The van der Waals surface area contributed by atoms with Crippen LogP contribution in [0.15, 0.2) is 37.0 Å². The molecular weight excluding hydrogens is 651 g/mol. The van der Waals surface area contributed by atoms with Gasteiger partial charge < -0.3 is 40.8 Å². The molecule has 3 heterocycles. The van der Waals surface area contributed by atoms with Crippen LogP contribution < -0.4 is 121 Å². The number of nitrogen functional groups attached to an aromatic ring is 1. The normalized spacial score (nSPS) is 15.3. The van der Waals surface area contributed by atoms with Gasteiger partial charge in [0.1, 0.15) is 24.2 Å². The maximum absolute atomic E-state index is 12.9. The van der Waals surface area contributed by atoms with Crippen molar-refractivity contribution in [2.24, 2.45) is 17.5 Å². The molecule has 1 amide bonds. The van der Waals surface area contributed by atoms with Gasteiger partial charge in [-0.1, -0.05) is 16.9 Å². The number of oxime groups is 1. The fraction of sp³-hybridized carbons (Fsp3) is 0.333. The summed E-state index contributed by atoms with van der Waals surface area (Å²) in [6.07, 6.45) is 0. The van der Waals surface area contributed by atoms with E-state index in [-0.39, 0.29) is 122 Å². The number of thiazole rings is 1. The summed E-state index contributed by atoms with van der Waals surface area (Å²) in [6.45, 7) is 0. The van der Waals surface area contributed by atoms with Crippen LogP contribution in [0, 0.1) is 4.91 Å². The summed E-state index contributed by atoms with van der Waals surface area (Å²) < 4.78 is 1.01. The smallest absolute Gasteiger partial charge is 0.854 e. The SMILES string of the molecule is CO/N=C(/C(=O)N[C@H](C(=O)[O-])[C@H]1SCC(CSc2nc(=O)c([O-])nn2C)=C(C(=O)[O-])N1N=O)c1csc(N)n1.[Na+].[Na+].[Na+]. The Bertz CT molecular complexity index is 1440. The van der Waals surface area contributed by atoms with Gasteiger partial charge in [-0.05, 0) is 5.57 Å². The van der Waals surface area contributed by atoms with Crippen molar-refractivity contribution in [2.45, 2.75) is 16.6 Å². The first-order valence-corrected chi connectivity index (χ1v) is 13.2. The molecule has 2 aromatic heterocycles. The Morgan fingerprint density at radius 3 is 2.48 bits per heavy atom. The molecule has 42 heavy (non-hydrogen) atoms. The number of carboxylic acid groups (broad SMARTS) is 2. The third kappa shape index (κ3) is 9.89. The number of nitroso groups, excluding NO2 is 1. The van der Waals surface area contributed by atoms with Crippen molar-refractivity contribution in [1.29, 1.82) is 0 Å². The van der Waals surface area contributed by atoms with Gasteiger partial charge in [0.2, 0.25) is 0 Å². The summed E-state index contributed by atoms with van der Waals surface area (Å²) in [6, 6.07) is -1.99. The third-order valence-electron chi connectivity index (χ3n) is 4.78. The number of carbonyl (C=O) groups is 3. The van der Waals surface area contributed by atoms with Crippen LogP contribution in [0.3, 0.4) is 0 Å². The molecule has 2 atom stereocenters. The first-order chi connectivity index (χ1) is 18.5. The van der Waals surface area contributed by atoms with Gasteiger partial charge in [0, 0.05) is 23.9 Å². The summed E-state index contributed by atoms with van der Waals surface area (Å²) in [5, 5.41) is 47.3. The predicted molar refractivity (Wildman–Crippen MR) is 130 cm³/mol. The van der Waals surface area contributed by atoms with Gasteiger partial charge in [-0.25, -0.2) is 14.7 Å². The largest absolute Gasteiger partial charge is 1.00 e. The Kier molecular flexibility index (Phi) is 18.0. The molecule has 0 aliphatic carbocycles. The molecule has 0 spiro atoms. The van der Waals surface area contributed by atoms with E-state index in [1.165, 1.54) is 12.4 Å². The molecule has 3 rings (SSSR count). The first-order valence-electron chi connectivity index (χ1n) is 10.2. The van der Waals surface area contributed by atoms with E-state index in [9.17, 15) is 39.4 Å². The number of aliphatic carboxylic acids is 2. The second kappa shape index (κ2) is 18.5. The number of anilines is 1. The molecule has 3 N–H and O–H groups in total. The van der Waals surface area contributed by atoms with Crippen LogP contribution in [0.2, 0.25) is 0 Å². The fourth-order valence-corrected chi connectivity index (χ4v) is 6.00. The van der Waals surface area contributed by atoms with Gasteiger partial charge in [-0.15, -0.1) is 28.0 Å². The zero-order chi connectivity index (χ0) is 28.9. The van der Waals surface area contributed by atoms with Crippen LogP contribution in [0.25, 0.3) is 0 Å². The monoisotopic (exact) mass is 667 g/mol. The number of carboxylic acids is 2. The molecule has 0 saturated carbocycles. The third-order valence-corrected chi connectivity index (χ3v) is 7.88. The quantitative estimate of drug-likeness (QED) is 0.0740. The van der Waals surface area contributed by atoms with Gasteiger partial charge in [0.25, 0.3) is 11.5 Å². The molecule has 0 unspecified atom stereocenters. The Labute approximate surface area is 315 Å². The van der Waals surface area contributed by atoms with E-state index in [0.717, 1.165) is 46.7 Å². The van der Waals surface area contributed by atoms with Gasteiger partial charge in [0.05, 0.1) is 28.8 Å². The molecule has 1 aliphatic rings. The molecule has 0 saturated heterocycles. The molecule has 1 aliphatic heterocycles. The number of nitrogens with one attached hydrogen (secondary N) is 1. The number of thioether (sulfide) groups is 2. The molecule has 208 valence electrons.